The van der Waals surface area contributed by atoms with E-state index < -0.39 is 47.4 Å². The van der Waals surface area contributed by atoms with Crippen LogP contribution in [0.2, 0.25) is 0 Å². The van der Waals surface area contributed by atoms with E-state index >= 15 is 0 Å². The second-order valence-corrected chi connectivity index (χ2v) is 13.9. The van der Waals surface area contributed by atoms with Crippen molar-refractivity contribution in [3.05, 3.63) is 35.4 Å². The van der Waals surface area contributed by atoms with Crippen LogP contribution in [-0.4, -0.2) is 71.3 Å². The van der Waals surface area contributed by atoms with Gasteiger partial charge in [-0.2, -0.15) is 0 Å². The Kier molecular flexibility index (Phi) is 9.57. The normalized spacial score (nSPS) is 23.4. The molecular formula is C33H48N4O6. The molecule has 10 nitrogen and oxygen atoms in total. The van der Waals surface area contributed by atoms with Crippen molar-refractivity contribution in [1.82, 2.24) is 20.9 Å². The average molecular weight is 597 g/mol. The minimum Gasteiger partial charge on any atom is -0.444 e. The smallest absolute Gasteiger partial charge is 0.408 e. The number of carbonyl (C=O) groups is 5. The van der Waals surface area contributed by atoms with Crippen LogP contribution in [0.1, 0.15) is 78.9 Å². The number of ether oxygens (including phenoxy) is 1. The van der Waals surface area contributed by atoms with Crippen LogP contribution in [0.4, 0.5) is 4.79 Å². The van der Waals surface area contributed by atoms with E-state index in [-0.39, 0.29) is 29.1 Å². The lowest BCUT2D eigenvalue weighted by molar-refractivity contribution is -0.144. The standard InChI is InChI=1S/C33H48N4O6/c1-8-12-23(27(38)29(40)34-15-9-2)35-28(39)26-24-22(33(24,6)7)18-37(26)30(41)25(36-31(42)43-32(3,4)5)21-16-19-13-10-11-14-20(19)17-21/h10-11,13-14,21-26H,8-9,12,15-18H2,1-7H3,(H,34,40)(H,35,39)(H,36,42)/t22-,23?,24-,25-,26-/m0/s1. The first-order valence-electron chi connectivity index (χ1n) is 15.7. The highest BCUT2D eigenvalue weighted by atomic mass is 16.6. The molecule has 1 saturated carbocycles. The van der Waals surface area contributed by atoms with Gasteiger partial charge >= 0.3 is 6.09 Å². The number of fused-ring (bicyclic) bond motifs is 2. The molecule has 1 heterocycles. The lowest BCUT2D eigenvalue weighted by Gasteiger charge is -2.35. The second-order valence-electron chi connectivity index (χ2n) is 13.9. The molecular weight excluding hydrogens is 548 g/mol. The van der Waals surface area contributed by atoms with Crippen LogP contribution >= 0.6 is 0 Å². The van der Waals surface area contributed by atoms with Gasteiger partial charge in [-0.15, -0.1) is 0 Å². The van der Waals surface area contributed by atoms with Gasteiger partial charge in [0, 0.05) is 13.1 Å². The van der Waals surface area contributed by atoms with E-state index in [9.17, 15) is 24.0 Å². The largest absolute Gasteiger partial charge is 0.444 e. The second kappa shape index (κ2) is 12.7. The van der Waals surface area contributed by atoms with Crippen molar-refractivity contribution in [2.75, 3.05) is 13.1 Å². The minimum atomic E-state index is -0.979. The number of nitrogens with one attached hydrogen (secondary N) is 3. The lowest BCUT2D eigenvalue weighted by Crippen LogP contribution is -2.59. The van der Waals surface area contributed by atoms with E-state index in [1.807, 2.05) is 38.1 Å². The highest BCUT2D eigenvalue weighted by molar-refractivity contribution is 6.38. The van der Waals surface area contributed by atoms with Crippen LogP contribution in [-0.2, 0) is 36.8 Å². The molecule has 0 radical (unpaired) electrons. The summed E-state index contributed by atoms with van der Waals surface area (Å²) in [6.45, 7) is 14.0. The van der Waals surface area contributed by atoms with E-state index in [0.29, 0.717) is 45.2 Å². The predicted molar refractivity (Wildman–Crippen MR) is 162 cm³/mol. The van der Waals surface area contributed by atoms with E-state index in [4.69, 9.17) is 4.74 Å². The molecule has 236 valence electrons. The maximum absolute atomic E-state index is 14.4. The maximum Gasteiger partial charge on any atom is 0.408 e. The molecule has 0 spiro atoms. The Balaban J connectivity index is 1.58. The van der Waals surface area contributed by atoms with Crippen molar-refractivity contribution >= 4 is 29.6 Å². The molecule has 1 aromatic rings. The summed E-state index contributed by atoms with van der Waals surface area (Å²) in [5, 5.41) is 8.30. The molecule has 0 bridgehead atoms. The number of Topliss-reactive ketones (excluding diaryl/α,β-unsaturated/α-hetero) is 1. The summed E-state index contributed by atoms with van der Waals surface area (Å²) in [6, 6.07) is 5.31. The molecule has 1 saturated heterocycles. The van der Waals surface area contributed by atoms with Gasteiger partial charge < -0.3 is 25.6 Å². The lowest BCUT2D eigenvalue weighted by atomic mass is 9.93. The van der Waals surface area contributed by atoms with Crippen molar-refractivity contribution < 1.29 is 28.7 Å². The minimum absolute atomic E-state index is 0.0919. The molecule has 1 aromatic carbocycles. The number of likely N-dealkylation sites (tertiary alicyclic amines) is 1. The predicted octanol–water partition coefficient (Wildman–Crippen LogP) is 3.16. The summed E-state index contributed by atoms with van der Waals surface area (Å²) in [4.78, 5) is 68.4. The quantitative estimate of drug-likeness (QED) is 0.336. The van der Waals surface area contributed by atoms with Crippen LogP contribution in [0.15, 0.2) is 24.3 Å². The number of hydrogen-bond donors (Lipinski definition) is 3. The summed E-state index contributed by atoms with van der Waals surface area (Å²) in [6.07, 6.45) is 2.14. The van der Waals surface area contributed by atoms with Crippen molar-refractivity contribution in [2.24, 2.45) is 23.2 Å². The van der Waals surface area contributed by atoms with E-state index in [0.717, 1.165) is 11.1 Å². The number of amides is 4. The van der Waals surface area contributed by atoms with Crippen LogP contribution in [0.5, 0.6) is 0 Å². The molecule has 43 heavy (non-hydrogen) atoms. The summed E-state index contributed by atoms with van der Waals surface area (Å²) in [5.41, 5.74) is 1.37. The Labute approximate surface area is 255 Å². The monoisotopic (exact) mass is 596 g/mol. The number of benzene rings is 1. The number of nitrogens with zero attached hydrogens (tertiary/aromatic N) is 1. The van der Waals surface area contributed by atoms with Crippen molar-refractivity contribution in [3.8, 4) is 0 Å². The fraction of sp³-hybridized carbons (Fsp3) is 0.667. The van der Waals surface area contributed by atoms with Gasteiger partial charge in [-0.25, -0.2) is 4.79 Å². The van der Waals surface area contributed by atoms with Gasteiger partial charge in [0.25, 0.3) is 5.91 Å². The van der Waals surface area contributed by atoms with Gasteiger partial charge in [0.15, 0.2) is 0 Å². The fourth-order valence-electron chi connectivity index (χ4n) is 6.93. The summed E-state index contributed by atoms with van der Waals surface area (Å²) in [7, 11) is 0. The summed E-state index contributed by atoms with van der Waals surface area (Å²) in [5.74, 6) is -2.35. The molecule has 4 amide bonds. The maximum atomic E-state index is 14.4. The van der Waals surface area contributed by atoms with E-state index in [1.165, 1.54) is 0 Å². The highest BCUT2D eigenvalue weighted by Gasteiger charge is 2.69. The van der Waals surface area contributed by atoms with Crippen LogP contribution in [0, 0.1) is 23.2 Å². The first kappa shape index (κ1) is 32.5. The van der Waals surface area contributed by atoms with E-state index in [2.05, 4.69) is 29.8 Å². The van der Waals surface area contributed by atoms with Gasteiger partial charge in [0.05, 0.1) is 6.04 Å². The van der Waals surface area contributed by atoms with Crippen molar-refractivity contribution in [3.63, 3.8) is 0 Å². The van der Waals surface area contributed by atoms with Gasteiger partial charge in [-0.05, 0) is 80.8 Å². The van der Waals surface area contributed by atoms with Gasteiger partial charge in [0.2, 0.25) is 17.6 Å². The fourth-order valence-corrected chi connectivity index (χ4v) is 6.93. The molecule has 1 aliphatic heterocycles. The third-order valence-corrected chi connectivity index (χ3v) is 9.22. The van der Waals surface area contributed by atoms with Crippen LogP contribution in [0.3, 0.4) is 0 Å². The molecule has 1 unspecified atom stereocenters. The third-order valence-electron chi connectivity index (χ3n) is 9.22. The summed E-state index contributed by atoms with van der Waals surface area (Å²) >= 11 is 0. The van der Waals surface area contributed by atoms with E-state index in [1.54, 1.807) is 25.7 Å². The average Bonchev–Trinajstić information content (AvgIpc) is 3.30. The molecule has 3 aliphatic rings. The Bertz CT molecular complexity index is 1230. The van der Waals surface area contributed by atoms with Crippen molar-refractivity contribution in [1.29, 1.82) is 0 Å². The van der Waals surface area contributed by atoms with Gasteiger partial charge in [-0.3, -0.25) is 19.2 Å². The molecule has 4 rings (SSSR count). The van der Waals surface area contributed by atoms with Gasteiger partial charge in [0.1, 0.15) is 17.7 Å². The number of alkyl carbamates (subject to hydrolysis) is 1. The van der Waals surface area contributed by atoms with Crippen molar-refractivity contribution in [2.45, 2.75) is 104 Å². The molecule has 3 N–H and O–H groups in total. The Morgan fingerprint density at radius 1 is 1.00 bits per heavy atom. The number of piperidine rings is 1. The molecule has 10 heteroatoms. The highest BCUT2D eigenvalue weighted by Crippen LogP contribution is 2.65. The third kappa shape index (κ3) is 7.04. The Hall–Kier alpha value is -3.43. The Morgan fingerprint density at radius 3 is 2.19 bits per heavy atom. The zero-order valence-corrected chi connectivity index (χ0v) is 26.6. The zero-order chi connectivity index (χ0) is 31.7. The summed E-state index contributed by atoms with van der Waals surface area (Å²) < 4.78 is 5.54. The van der Waals surface area contributed by atoms with Crippen LogP contribution < -0.4 is 16.0 Å². The number of hydrogen-bond acceptors (Lipinski definition) is 6. The number of carbonyl (C=O) groups excluding carboxylic acids is 5. The van der Waals surface area contributed by atoms with Gasteiger partial charge in [-0.1, -0.05) is 58.4 Å². The number of rotatable bonds is 11. The van der Waals surface area contributed by atoms with Crippen LogP contribution in [0.25, 0.3) is 0 Å². The first-order chi connectivity index (χ1) is 20.2. The Morgan fingerprint density at radius 2 is 1.63 bits per heavy atom. The molecule has 5 atom stereocenters. The molecule has 2 aliphatic carbocycles. The number of ketones is 1. The molecule has 2 fully saturated rings. The topological polar surface area (TPSA) is 134 Å². The first-order valence-corrected chi connectivity index (χ1v) is 15.7. The zero-order valence-electron chi connectivity index (χ0n) is 26.6. The SMILES string of the molecule is CCCNC(=O)C(=O)C(CCC)NC(=O)[C@@H]1[C@@H]2[C@H](CN1C(=O)[C@@H](NC(=O)OC(C)(C)C)C1Cc3ccccc3C1)C2(C)C. The molecule has 0 aromatic heterocycles.